The van der Waals surface area contributed by atoms with Gasteiger partial charge in [0.2, 0.25) is 0 Å². The van der Waals surface area contributed by atoms with E-state index in [0.717, 1.165) is 28.2 Å². The van der Waals surface area contributed by atoms with E-state index in [1.807, 2.05) is 30.3 Å². The minimum atomic E-state index is -0.520. The molecule has 5 aromatic rings. The van der Waals surface area contributed by atoms with Gasteiger partial charge in [-0.2, -0.15) is 0 Å². The van der Waals surface area contributed by atoms with E-state index >= 15 is 0 Å². The summed E-state index contributed by atoms with van der Waals surface area (Å²) in [6.07, 6.45) is 0. The molecule has 2 N–H and O–H groups in total. The summed E-state index contributed by atoms with van der Waals surface area (Å²) in [6, 6.07) is 15.9. The number of fused-ring (bicyclic) bond motifs is 1. The number of nitrogens with two attached hydrogens (primary N) is 1. The molecular weight excluding hydrogens is 1060 g/mol. The molecule has 0 atom stereocenters. The van der Waals surface area contributed by atoms with E-state index in [1.165, 1.54) is 14.2 Å². The van der Waals surface area contributed by atoms with Crippen molar-refractivity contribution in [2.45, 2.75) is 31.9 Å². The maximum atomic E-state index is 12.5. The van der Waals surface area contributed by atoms with Gasteiger partial charge in [-0.1, -0.05) is 91.6 Å². The van der Waals surface area contributed by atoms with Crippen molar-refractivity contribution in [2.24, 2.45) is 10.0 Å². The van der Waals surface area contributed by atoms with Gasteiger partial charge < -0.3 is 39.1 Å². The second-order valence-corrected chi connectivity index (χ2v) is 15.4. The fourth-order valence-electron chi connectivity index (χ4n) is 5.55. The van der Waals surface area contributed by atoms with Crippen LogP contribution in [-0.2, 0) is 34.4 Å². The average molecular weight is 1100 g/mol. The number of aromatic nitrogens is 3. The molecule has 1 aliphatic rings. The van der Waals surface area contributed by atoms with Crippen molar-refractivity contribution < 1.29 is 42.8 Å². The number of esters is 2. The molecule has 0 saturated carbocycles. The van der Waals surface area contributed by atoms with Crippen LogP contribution in [0.15, 0.2) is 58.9 Å². The Morgan fingerprint density at radius 1 is 0.723 bits per heavy atom. The fraction of sp³-hybridized carbons (Fsp3) is 0.268. The number of hydrogen-bond acceptors (Lipinski definition) is 15. The van der Waals surface area contributed by atoms with Gasteiger partial charge in [-0.05, 0) is 60.0 Å². The third-order valence-electron chi connectivity index (χ3n) is 8.55. The topological polar surface area (TPSA) is 187 Å². The zero-order chi connectivity index (χ0) is 49.0. The fourth-order valence-corrected chi connectivity index (χ4v) is 7.70. The molecule has 6 rings (SSSR count). The molecule has 24 heteroatoms. The molecule has 0 saturated heterocycles. The van der Waals surface area contributed by atoms with Gasteiger partial charge in [-0.3, -0.25) is 4.79 Å². The number of alkyl halides is 1. The van der Waals surface area contributed by atoms with Gasteiger partial charge >= 0.3 is 36.7 Å². The van der Waals surface area contributed by atoms with Gasteiger partial charge in [0.25, 0.3) is 5.91 Å². The van der Waals surface area contributed by atoms with Crippen molar-refractivity contribution in [1.29, 1.82) is 0 Å². The Labute approximate surface area is 421 Å². The van der Waals surface area contributed by atoms with Crippen LogP contribution in [-0.4, -0.2) is 88.0 Å². The summed E-state index contributed by atoms with van der Waals surface area (Å²) in [4.78, 5) is 48.1. The molecule has 0 bridgehead atoms. The number of carbonyl (C=O) groups excluding carboxylic acids is 3. The quantitative estimate of drug-likeness (QED) is 0.0443. The third kappa shape index (κ3) is 16.6. The van der Waals surface area contributed by atoms with Crippen LogP contribution >= 0.6 is 98.4 Å². The van der Waals surface area contributed by atoms with Crippen molar-refractivity contribution in [1.82, 2.24) is 19.9 Å². The molecule has 1 amide bonds. The number of thiol groups is 1. The number of nitrogens with zero attached hydrogens (tertiary/aromatic N) is 5. The van der Waals surface area contributed by atoms with Crippen molar-refractivity contribution in [3.8, 4) is 23.0 Å². The Hall–Kier alpha value is -4.11. The second-order valence-electron chi connectivity index (χ2n) is 12.4. The van der Waals surface area contributed by atoms with Crippen LogP contribution in [0.1, 0.15) is 58.9 Å². The van der Waals surface area contributed by atoms with Crippen LogP contribution in [0.5, 0.6) is 23.0 Å². The number of ether oxygens (including phenoxy) is 6. The van der Waals surface area contributed by atoms with Gasteiger partial charge in [0.1, 0.15) is 59.5 Å². The molecule has 0 aliphatic carbocycles. The summed E-state index contributed by atoms with van der Waals surface area (Å²) >= 11 is 41.2. The number of aryl methyl sites for hydroxylation is 1. The van der Waals surface area contributed by atoms with Crippen LogP contribution in [0.25, 0.3) is 0 Å². The third-order valence-corrected chi connectivity index (χ3v) is 10.6. The molecular formula is C41H41BBrCl6N6O9S. The molecule has 2 aromatic carbocycles. The summed E-state index contributed by atoms with van der Waals surface area (Å²) in [5, 5.41) is 1.51. The van der Waals surface area contributed by atoms with Crippen LogP contribution in [0.3, 0.4) is 0 Å². The molecule has 1 radical (unpaired) electrons. The van der Waals surface area contributed by atoms with E-state index in [0.29, 0.717) is 53.2 Å². The standard InChI is InChI=1S/C16H14Cl2N2O3.C9H13NO2.C8H6BrCl2NO2.C8H7Cl2NO2.BHNS/c1-22-11-4-3-9(12(6-11)23-2)7-20-8-10-5-13(17)19-15(18)14(10)16(20)21;1-11-8-4-3-7(6-10)9(5-8)12-2;1-14-8(13)6-4(3-9)2-5(10)12-7(6)11;1-4-3-5(9)11-7(10)6(4)8(12)13-2;1-2-3/h3-6H,7-8H2,1-2H3;3-5H,6,10H2,1-2H3;2H,3H2,1H3;3H,1-2H3;3H. The normalized spacial score (nSPS) is 10.8. The number of amides is 1. The van der Waals surface area contributed by atoms with Crippen LogP contribution in [0, 0.1) is 6.92 Å². The van der Waals surface area contributed by atoms with Crippen molar-refractivity contribution in [3.05, 3.63) is 130 Å². The zero-order valence-corrected chi connectivity index (χ0v) is 42.7. The van der Waals surface area contributed by atoms with Crippen LogP contribution in [0.2, 0.25) is 30.9 Å². The predicted molar refractivity (Wildman–Crippen MR) is 261 cm³/mol. The van der Waals surface area contributed by atoms with Crippen molar-refractivity contribution in [3.63, 3.8) is 0 Å². The zero-order valence-electron chi connectivity index (χ0n) is 35.7. The Kier molecular flexibility index (Phi) is 25.3. The van der Waals surface area contributed by atoms with Gasteiger partial charge in [-0.25, -0.2) is 24.5 Å². The maximum absolute atomic E-state index is 12.5. The first-order valence-electron chi connectivity index (χ1n) is 18.1. The van der Waals surface area contributed by atoms with Crippen molar-refractivity contribution >= 4 is 124 Å². The molecule has 1 aliphatic heterocycles. The van der Waals surface area contributed by atoms with Gasteiger partial charge in [-0.15, -0.1) is 0 Å². The molecule has 15 nitrogen and oxygen atoms in total. The van der Waals surface area contributed by atoms with Crippen LogP contribution < -0.4 is 24.7 Å². The van der Waals surface area contributed by atoms with E-state index in [2.05, 4.69) is 65.1 Å². The minimum absolute atomic E-state index is 0.0544. The SMILES string of the molecule is COC(=O)c1c(C)cc(Cl)nc1Cl.COC(=O)c1c(CBr)cc(Cl)nc1Cl.COc1ccc(CN)c(OC)c1.COc1ccc(CN2Cc3cc(Cl)nc(Cl)c3C2=O)c(OC)c1.[B]=NS. The summed E-state index contributed by atoms with van der Waals surface area (Å²) in [5.41, 5.74) is 10.4. The molecule has 0 unspecified atom stereocenters. The molecule has 347 valence electrons. The van der Waals surface area contributed by atoms with Gasteiger partial charge in [0.15, 0.2) is 0 Å². The van der Waals surface area contributed by atoms with E-state index in [9.17, 15) is 14.4 Å². The average Bonchev–Trinajstić information content (AvgIpc) is 3.59. The summed E-state index contributed by atoms with van der Waals surface area (Å²) in [5.74, 6) is 1.73. The first-order chi connectivity index (χ1) is 30.9. The number of carbonyl (C=O) groups is 3. The van der Waals surface area contributed by atoms with Gasteiger partial charge in [0, 0.05) is 48.2 Å². The summed E-state index contributed by atoms with van der Waals surface area (Å²) < 4.78 is 32.5. The van der Waals surface area contributed by atoms with E-state index in [4.69, 9.17) is 94.3 Å². The number of rotatable bonds is 10. The monoisotopic (exact) mass is 1090 g/mol. The molecule has 0 fully saturated rings. The Bertz CT molecular complexity index is 2440. The Balaban J connectivity index is 0.000000303. The molecule has 0 spiro atoms. The first kappa shape index (κ1) is 57.0. The number of halogens is 7. The van der Waals surface area contributed by atoms with E-state index in [-0.39, 0.29) is 48.0 Å². The Morgan fingerprint density at radius 2 is 1.18 bits per heavy atom. The number of benzene rings is 2. The second kappa shape index (κ2) is 28.8. The number of methoxy groups -OCH3 is 6. The summed E-state index contributed by atoms with van der Waals surface area (Å²) in [7, 11) is 13.3. The Morgan fingerprint density at radius 3 is 1.66 bits per heavy atom. The van der Waals surface area contributed by atoms with E-state index in [1.54, 1.807) is 64.5 Å². The van der Waals surface area contributed by atoms with Crippen LogP contribution in [0.4, 0.5) is 0 Å². The van der Waals surface area contributed by atoms with E-state index < -0.39 is 11.9 Å². The number of hydrogen-bond donors (Lipinski definition) is 2. The summed E-state index contributed by atoms with van der Waals surface area (Å²) in [6.45, 7) is 3.03. The number of pyridine rings is 3. The van der Waals surface area contributed by atoms with Gasteiger partial charge in [0.05, 0.1) is 53.8 Å². The molecule has 4 heterocycles. The molecule has 3 aromatic heterocycles. The predicted octanol–water partition coefficient (Wildman–Crippen LogP) is 10.5. The first-order valence-corrected chi connectivity index (χ1v) is 21.9. The molecule has 65 heavy (non-hydrogen) atoms. The van der Waals surface area contributed by atoms with Crippen molar-refractivity contribution in [2.75, 3.05) is 42.7 Å².